The van der Waals surface area contributed by atoms with Crippen LogP contribution in [0, 0.1) is 11.8 Å². The maximum absolute atomic E-state index is 11.4. The smallest absolute Gasteiger partial charge is 0.155 e. The molecule has 1 saturated carbocycles. The zero-order valence-corrected chi connectivity index (χ0v) is 10.5. The Balaban J connectivity index is 1.86. The standard InChI is InChI=1S/C15H24O/c1-2-4-12-7-9-13(10-8-12)14-5-3-6-15(16)11-14/h11-13H,2-10H2,1H3. The molecule has 1 fully saturated rings. The van der Waals surface area contributed by atoms with Gasteiger partial charge in [0.05, 0.1) is 0 Å². The van der Waals surface area contributed by atoms with Gasteiger partial charge in [0.15, 0.2) is 5.78 Å². The highest BCUT2D eigenvalue weighted by Crippen LogP contribution is 2.37. The molecular weight excluding hydrogens is 196 g/mol. The van der Waals surface area contributed by atoms with E-state index in [1.165, 1.54) is 50.5 Å². The third-order valence-electron chi connectivity index (χ3n) is 4.30. The number of carbonyl (C=O) groups is 1. The van der Waals surface area contributed by atoms with Gasteiger partial charge >= 0.3 is 0 Å². The third-order valence-corrected chi connectivity index (χ3v) is 4.30. The molecule has 1 heteroatoms. The molecule has 0 aromatic carbocycles. The number of hydrogen-bond donors (Lipinski definition) is 0. The van der Waals surface area contributed by atoms with Gasteiger partial charge in [-0.1, -0.05) is 25.3 Å². The average molecular weight is 220 g/mol. The quantitative estimate of drug-likeness (QED) is 0.694. The van der Waals surface area contributed by atoms with Crippen molar-refractivity contribution < 1.29 is 4.79 Å². The largest absolute Gasteiger partial charge is 0.295 e. The Morgan fingerprint density at radius 3 is 2.56 bits per heavy atom. The molecule has 2 aliphatic rings. The van der Waals surface area contributed by atoms with Crippen LogP contribution in [0.15, 0.2) is 11.6 Å². The summed E-state index contributed by atoms with van der Waals surface area (Å²) in [6, 6.07) is 0. The highest BCUT2D eigenvalue weighted by Gasteiger charge is 2.24. The van der Waals surface area contributed by atoms with E-state index in [4.69, 9.17) is 0 Å². The first-order valence-electron chi connectivity index (χ1n) is 7.03. The fraction of sp³-hybridized carbons (Fsp3) is 0.800. The molecule has 1 nitrogen and oxygen atoms in total. The van der Waals surface area contributed by atoms with Crippen molar-refractivity contribution in [2.24, 2.45) is 11.8 Å². The van der Waals surface area contributed by atoms with Crippen LogP contribution in [0.5, 0.6) is 0 Å². The topological polar surface area (TPSA) is 17.1 Å². The molecule has 2 aliphatic carbocycles. The summed E-state index contributed by atoms with van der Waals surface area (Å²) in [6.45, 7) is 2.29. The van der Waals surface area contributed by atoms with E-state index >= 15 is 0 Å². The lowest BCUT2D eigenvalue weighted by Crippen LogP contribution is -2.18. The van der Waals surface area contributed by atoms with Gasteiger partial charge < -0.3 is 0 Å². The monoisotopic (exact) mass is 220 g/mol. The first-order chi connectivity index (χ1) is 7.79. The van der Waals surface area contributed by atoms with E-state index in [2.05, 4.69) is 6.92 Å². The van der Waals surface area contributed by atoms with Crippen LogP contribution in [0.2, 0.25) is 0 Å². The second kappa shape index (κ2) is 5.65. The fourth-order valence-electron chi connectivity index (χ4n) is 3.37. The van der Waals surface area contributed by atoms with Crippen LogP contribution in [-0.4, -0.2) is 5.78 Å². The van der Waals surface area contributed by atoms with Crippen LogP contribution in [0.1, 0.15) is 64.7 Å². The minimum Gasteiger partial charge on any atom is -0.295 e. The van der Waals surface area contributed by atoms with Crippen molar-refractivity contribution in [1.29, 1.82) is 0 Å². The number of hydrogen-bond acceptors (Lipinski definition) is 1. The first kappa shape index (κ1) is 11.9. The van der Waals surface area contributed by atoms with E-state index in [9.17, 15) is 4.79 Å². The molecule has 2 rings (SSSR count). The summed E-state index contributed by atoms with van der Waals surface area (Å²) in [6.07, 6.45) is 13.2. The molecule has 0 atom stereocenters. The predicted molar refractivity (Wildman–Crippen MR) is 67.3 cm³/mol. The van der Waals surface area contributed by atoms with Gasteiger partial charge in [-0.3, -0.25) is 4.79 Å². The molecule has 0 heterocycles. The van der Waals surface area contributed by atoms with Crippen LogP contribution >= 0.6 is 0 Å². The second-order valence-electron chi connectivity index (χ2n) is 5.55. The van der Waals surface area contributed by atoms with Crippen molar-refractivity contribution in [2.75, 3.05) is 0 Å². The summed E-state index contributed by atoms with van der Waals surface area (Å²) in [7, 11) is 0. The van der Waals surface area contributed by atoms with Crippen molar-refractivity contribution in [3.05, 3.63) is 11.6 Å². The predicted octanol–water partition coefficient (Wildman–Crippen LogP) is 4.27. The Bertz CT molecular complexity index is 269. The van der Waals surface area contributed by atoms with E-state index < -0.39 is 0 Å². The SMILES string of the molecule is CCCC1CCC(C2=CC(=O)CCC2)CC1. The van der Waals surface area contributed by atoms with Crippen molar-refractivity contribution in [3.63, 3.8) is 0 Å². The molecule has 90 valence electrons. The van der Waals surface area contributed by atoms with Gasteiger partial charge in [-0.2, -0.15) is 0 Å². The van der Waals surface area contributed by atoms with E-state index in [0.717, 1.165) is 24.7 Å². The summed E-state index contributed by atoms with van der Waals surface area (Å²) in [5.74, 6) is 2.09. The van der Waals surface area contributed by atoms with Crippen molar-refractivity contribution in [2.45, 2.75) is 64.7 Å². The van der Waals surface area contributed by atoms with Crippen molar-refractivity contribution in [3.8, 4) is 0 Å². The minimum absolute atomic E-state index is 0.372. The Kier molecular flexibility index (Phi) is 4.20. The van der Waals surface area contributed by atoms with Gasteiger partial charge in [-0.15, -0.1) is 0 Å². The minimum atomic E-state index is 0.372. The second-order valence-corrected chi connectivity index (χ2v) is 5.55. The number of rotatable bonds is 3. The number of ketones is 1. The summed E-state index contributed by atoms with van der Waals surface area (Å²) in [5, 5.41) is 0. The molecule has 16 heavy (non-hydrogen) atoms. The summed E-state index contributed by atoms with van der Waals surface area (Å²) in [5.41, 5.74) is 1.48. The van der Waals surface area contributed by atoms with Gasteiger partial charge in [0.1, 0.15) is 0 Å². The summed E-state index contributed by atoms with van der Waals surface area (Å²) in [4.78, 5) is 11.4. The summed E-state index contributed by atoms with van der Waals surface area (Å²) < 4.78 is 0. The Morgan fingerprint density at radius 2 is 1.94 bits per heavy atom. The van der Waals surface area contributed by atoms with E-state index in [0.29, 0.717) is 5.78 Å². The van der Waals surface area contributed by atoms with Gasteiger partial charge in [-0.25, -0.2) is 0 Å². The van der Waals surface area contributed by atoms with Crippen molar-refractivity contribution in [1.82, 2.24) is 0 Å². The third kappa shape index (κ3) is 2.96. The molecule has 0 radical (unpaired) electrons. The van der Waals surface area contributed by atoms with E-state index in [1.54, 1.807) is 0 Å². The van der Waals surface area contributed by atoms with Crippen LogP contribution in [0.4, 0.5) is 0 Å². The lowest BCUT2D eigenvalue weighted by atomic mass is 9.75. The first-order valence-corrected chi connectivity index (χ1v) is 7.03. The Morgan fingerprint density at radius 1 is 1.19 bits per heavy atom. The molecular formula is C15H24O. The van der Waals surface area contributed by atoms with Crippen LogP contribution in [-0.2, 0) is 4.79 Å². The zero-order chi connectivity index (χ0) is 11.4. The molecule has 0 aliphatic heterocycles. The lowest BCUT2D eigenvalue weighted by molar-refractivity contribution is -0.115. The summed E-state index contributed by atoms with van der Waals surface area (Å²) >= 11 is 0. The number of allylic oxidation sites excluding steroid dienone is 2. The molecule has 0 amide bonds. The fourth-order valence-corrected chi connectivity index (χ4v) is 3.37. The maximum atomic E-state index is 11.4. The van der Waals surface area contributed by atoms with Crippen LogP contribution < -0.4 is 0 Å². The van der Waals surface area contributed by atoms with Crippen LogP contribution in [0.3, 0.4) is 0 Å². The van der Waals surface area contributed by atoms with E-state index in [1.807, 2.05) is 6.08 Å². The highest BCUT2D eigenvalue weighted by molar-refractivity contribution is 5.91. The van der Waals surface area contributed by atoms with E-state index in [-0.39, 0.29) is 0 Å². The molecule has 0 N–H and O–H groups in total. The normalized spacial score (nSPS) is 31.3. The van der Waals surface area contributed by atoms with Crippen molar-refractivity contribution >= 4 is 5.78 Å². The average Bonchev–Trinajstić information content (AvgIpc) is 2.30. The maximum Gasteiger partial charge on any atom is 0.155 e. The Labute approximate surface area is 99.3 Å². The molecule has 0 spiro atoms. The molecule has 0 aromatic heterocycles. The lowest BCUT2D eigenvalue weighted by Gasteiger charge is -2.31. The molecule has 0 unspecified atom stereocenters. The zero-order valence-electron chi connectivity index (χ0n) is 10.5. The number of carbonyl (C=O) groups excluding carboxylic acids is 1. The highest BCUT2D eigenvalue weighted by atomic mass is 16.1. The molecule has 0 aromatic rings. The van der Waals surface area contributed by atoms with Gasteiger partial charge in [0, 0.05) is 6.42 Å². The van der Waals surface area contributed by atoms with Gasteiger partial charge in [0.25, 0.3) is 0 Å². The van der Waals surface area contributed by atoms with Crippen LogP contribution in [0.25, 0.3) is 0 Å². The Hall–Kier alpha value is -0.590. The molecule has 0 bridgehead atoms. The van der Waals surface area contributed by atoms with Gasteiger partial charge in [0.2, 0.25) is 0 Å². The van der Waals surface area contributed by atoms with Gasteiger partial charge in [-0.05, 0) is 56.4 Å². The molecule has 0 saturated heterocycles.